The van der Waals surface area contributed by atoms with E-state index in [0.29, 0.717) is 0 Å². The first-order chi connectivity index (χ1) is 10.1. The lowest BCUT2D eigenvalue weighted by atomic mass is 10.1. The van der Waals surface area contributed by atoms with Crippen molar-refractivity contribution in [1.82, 2.24) is 15.2 Å². The van der Waals surface area contributed by atoms with Crippen LogP contribution >= 0.6 is 0 Å². The Bertz CT molecular complexity index is 553. The molecule has 0 fully saturated rings. The van der Waals surface area contributed by atoms with Gasteiger partial charge in [-0.2, -0.15) is 0 Å². The smallest absolute Gasteiger partial charge is 0.141 e. The molecule has 0 bridgehead atoms. The zero-order chi connectivity index (χ0) is 15.2. The molecule has 5 heteroatoms. The first-order valence-electron chi connectivity index (χ1n) is 7.10. The Labute approximate surface area is 125 Å². The molecule has 2 aromatic heterocycles. The second kappa shape index (κ2) is 7.33. The first-order valence-corrected chi connectivity index (χ1v) is 7.10. The van der Waals surface area contributed by atoms with Crippen molar-refractivity contribution < 1.29 is 8.81 Å². The molecule has 114 valence electrons. The third-order valence-corrected chi connectivity index (χ3v) is 3.66. The highest BCUT2D eigenvalue weighted by Crippen LogP contribution is 2.16. The normalized spacial score (nSPS) is 12.8. The van der Waals surface area contributed by atoms with Crippen molar-refractivity contribution in [3.8, 4) is 0 Å². The van der Waals surface area contributed by atoms with E-state index in [9.17, 15) is 4.39 Å². The molecule has 2 rings (SSSR count). The Morgan fingerprint density at radius 3 is 2.76 bits per heavy atom. The summed E-state index contributed by atoms with van der Waals surface area (Å²) in [5, 5.41) is 3.23. The first kappa shape index (κ1) is 15.7. The largest absolute Gasteiger partial charge is 0.469 e. The number of rotatable bonds is 7. The van der Waals surface area contributed by atoms with Crippen molar-refractivity contribution in [2.75, 3.05) is 20.6 Å². The number of nitrogens with zero attached hydrogens (tertiary/aromatic N) is 2. The average Bonchev–Trinajstić information content (AvgIpc) is 2.87. The molecule has 0 aliphatic carbocycles. The van der Waals surface area contributed by atoms with Crippen LogP contribution in [-0.4, -0.2) is 30.5 Å². The molecule has 4 nitrogen and oxygen atoms in total. The summed E-state index contributed by atoms with van der Waals surface area (Å²) in [6.45, 7) is 3.74. The number of hydrogen-bond donors (Lipinski definition) is 1. The minimum absolute atomic E-state index is 0.124. The second-order valence-electron chi connectivity index (χ2n) is 5.27. The number of aryl methyl sites for hydroxylation is 1. The Balaban J connectivity index is 1.88. The van der Waals surface area contributed by atoms with Crippen molar-refractivity contribution >= 4 is 0 Å². The molecule has 0 aliphatic rings. The molecule has 0 radical (unpaired) electrons. The molecule has 0 amide bonds. The lowest BCUT2D eigenvalue weighted by Gasteiger charge is -2.21. The van der Waals surface area contributed by atoms with Gasteiger partial charge in [0.2, 0.25) is 0 Å². The molecule has 2 aromatic rings. The Hall–Kier alpha value is -1.72. The number of furan rings is 1. The van der Waals surface area contributed by atoms with Gasteiger partial charge < -0.3 is 14.6 Å². The average molecular weight is 291 g/mol. The minimum Gasteiger partial charge on any atom is -0.469 e. The third kappa shape index (κ3) is 4.37. The number of aromatic nitrogens is 1. The molecule has 1 unspecified atom stereocenters. The van der Waals surface area contributed by atoms with Gasteiger partial charge >= 0.3 is 0 Å². The van der Waals surface area contributed by atoms with Crippen LogP contribution in [-0.2, 0) is 6.54 Å². The maximum absolute atomic E-state index is 12.9. The van der Waals surface area contributed by atoms with Gasteiger partial charge in [-0.1, -0.05) is 0 Å². The summed E-state index contributed by atoms with van der Waals surface area (Å²) in [6, 6.07) is 5.31. The fourth-order valence-electron chi connectivity index (χ4n) is 2.33. The predicted molar refractivity (Wildman–Crippen MR) is 80.4 cm³/mol. The summed E-state index contributed by atoms with van der Waals surface area (Å²) in [5.74, 6) is 0.661. The van der Waals surface area contributed by atoms with E-state index in [1.165, 1.54) is 17.8 Å². The predicted octanol–water partition coefficient (Wildman–Crippen LogP) is 2.90. The van der Waals surface area contributed by atoms with Gasteiger partial charge in [0.15, 0.2) is 0 Å². The molecule has 0 saturated heterocycles. The molecular weight excluding hydrogens is 269 g/mol. The van der Waals surface area contributed by atoms with Crippen LogP contribution in [0.25, 0.3) is 0 Å². The summed E-state index contributed by atoms with van der Waals surface area (Å²) in [4.78, 5) is 6.39. The van der Waals surface area contributed by atoms with Crippen molar-refractivity contribution in [3.63, 3.8) is 0 Å². The van der Waals surface area contributed by atoms with E-state index < -0.39 is 0 Å². The van der Waals surface area contributed by atoms with Crippen molar-refractivity contribution in [3.05, 3.63) is 53.5 Å². The second-order valence-corrected chi connectivity index (χ2v) is 5.27. The van der Waals surface area contributed by atoms with Gasteiger partial charge in [-0.05, 0) is 45.6 Å². The van der Waals surface area contributed by atoms with Crippen molar-refractivity contribution in [2.24, 2.45) is 0 Å². The van der Waals surface area contributed by atoms with Crippen LogP contribution in [0.4, 0.5) is 4.39 Å². The third-order valence-electron chi connectivity index (χ3n) is 3.66. The summed E-state index contributed by atoms with van der Waals surface area (Å²) in [5.41, 5.74) is 2.07. The van der Waals surface area contributed by atoms with Crippen LogP contribution in [0.2, 0.25) is 0 Å². The number of hydrogen-bond acceptors (Lipinski definition) is 4. The Morgan fingerprint density at radius 1 is 1.38 bits per heavy atom. The standard InChI is InChI=1S/C16H22FN3O/c1-12-13(7-9-21-12)11-20(3)8-6-15(18-2)16-5-4-14(17)10-19-16/h4-5,7,9-10,15,18H,6,8,11H2,1-3H3. The number of nitrogens with one attached hydrogen (secondary N) is 1. The van der Waals surface area contributed by atoms with E-state index in [0.717, 1.165) is 31.0 Å². The lowest BCUT2D eigenvalue weighted by Crippen LogP contribution is -2.25. The van der Waals surface area contributed by atoms with Gasteiger partial charge in [0.25, 0.3) is 0 Å². The molecular formula is C16H22FN3O. The van der Waals surface area contributed by atoms with Gasteiger partial charge in [-0.3, -0.25) is 4.98 Å². The molecule has 0 saturated carbocycles. The summed E-state index contributed by atoms with van der Waals surface area (Å²) >= 11 is 0. The van der Waals surface area contributed by atoms with Crippen LogP contribution in [0.3, 0.4) is 0 Å². The van der Waals surface area contributed by atoms with Crippen molar-refractivity contribution in [1.29, 1.82) is 0 Å². The fourth-order valence-corrected chi connectivity index (χ4v) is 2.33. The van der Waals surface area contributed by atoms with E-state index in [-0.39, 0.29) is 11.9 Å². The highest BCUT2D eigenvalue weighted by molar-refractivity contribution is 5.15. The summed E-state index contributed by atoms with van der Waals surface area (Å²) < 4.78 is 18.2. The van der Waals surface area contributed by atoms with Gasteiger partial charge in [0.1, 0.15) is 11.6 Å². The molecule has 0 aliphatic heterocycles. The molecule has 0 spiro atoms. The minimum atomic E-state index is -0.304. The van der Waals surface area contributed by atoms with Crippen LogP contribution in [0.5, 0.6) is 0 Å². The maximum Gasteiger partial charge on any atom is 0.141 e. The molecule has 0 aromatic carbocycles. The lowest BCUT2D eigenvalue weighted by molar-refractivity contribution is 0.300. The van der Waals surface area contributed by atoms with Crippen LogP contribution in [0.1, 0.15) is 29.5 Å². The highest BCUT2D eigenvalue weighted by Gasteiger charge is 2.13. The van der Waals surface area contributed by atoms with Gasteiger partial charge in [-0.15, -0.1) is 0 Å². The topological polar surface area (TPSA) is 41.3 Å². The monoisotopic (exact) mass is 291 g/mol. The van der Waals surface area contributed by atoms with E-state index in [4.69, 9.17) is 4.42 Å². The fraction of sp³-hybridized carbons (Fsp3) is 0.438. The quantitative estimate of drug-likeness (QED) is 0.851. The van der Waals surface area contributed by atoms with Crippen LogP contribution in [0, 0.1) is 12.7 Å². The zero-order valence-corrected chi connectivity index (χ0v) is 12.8. The summed E-state index contributed by atoms with van der Waals surface area (Å²) in [7, 11) is 3.98. The Kier molecular flexibility index (Phi) is 5.47. The van der Waals surface area contributed by atoms with E-state index in [1.54, 1.807) is 12.3 Å². The maximum atomic E-state index is 12.9. The molecule has 1 N–H and O–H groups in total. The van der Waals surface area contributed by atoms with Crippen LogP contribution < -0.4 is 5.32 Å². The van der Waals surface area contributed by atoms with E-state index in [1.807, 2.05) is 20.0 Å². The van der Waals surface area contributed by atoms with Gasteiger partial charge in [0, 0.05) is 18.7 Å². The Morgan fingerprint density at radius 2 is 2.19 bits per heavy atom. The molecule has 21 heavy (non-hydrogen) atoms. The number of pyridine rings is 1. The zero-order valence-electron chi connectivity index (χ0n) is 12.8. The van der Waals surface area contributed by atoms with Crippen molar-refractivity contribution in [2.45, 2.75) is 25.9 Å². The molecule has 1 atom stereocenters. The van der Waals surface area contributed by atoms with E-state index >= 15 is 0 Å². The highest BCUT2D eigenvalue weighted by atomic mass is 19.1. The molecule has 2 heterocycles. The van der Waals surface area contributed by atoms with Gasteiger partial charge in [-0.25, -0.2) is 4.39 Å². The van der Waals surface area contributed by atoms with E-state index in [2.05, 4.69) is 22.2 Å². The van der Waals surface area contributed by atoms with Gasteiger partial charge in [0.05, 0.1) is 24.2 Å². The SMILES string of the molecule is CNC(CCN(C)Cc1ccoc1C)c1ccc(F)cn1. The number of halogens is 1. The van der Waals surface area contributed by atoms with Crippen LogP contribution in [0.15, 0.2) is 35.1 Å². The summed E-state index contributed by atoms with van der Waals surface area (Å²) in [6.07, 6.45) is 3.89.